The molecule has 3 heteroatoms. The number of anilines is 1. The van der Waals surface area contributed by atoms with E-state index >= 15 is 0 Å². The molecule has 0 unspecified atom stereocenters. The molecule has 0 radical (unpaired) electrons. The maximum atomic E-state index is 3.61. The Bertz CT molecular complexity index is 443. The maximum absolute atomic E-state index is 3.61. The summed E-state index contributed by atoms with van der Waals surface area (Å²) in [5.41, 5.74) is 3.24. The molecular formula is C17H27BrN2. The Morgan fingerprint density at radius 3 is 2.85 bits per heavy atom. The van der Waals surface area contributed by atoms with Crippen molar-refractivity contribution in [2.24, 2.45) is 5.41 Å². The van der Waals surface area contributed by atoms with Gasteiger partial charge in [-0.3, -0.25) is 0 Å². The van der Waals surface area contributed by atoms with E-state index in [0.717, 1.165) is 19.6 Å². The zero-order valence-corrected chi connectivity index (χ0v) is 14.6. The fourth-order valence-corrected chi connectivity index (χ4v) is 3.44. The third-order valence-electron chi connectivity index (χ3n) is 4.02. The molecular weight excluding hydrogens is 312 g/mol. The number of nitrogens with one attached hydrogen (secondary N) is 1. The van der Waals surface area contributed by atoms with Gasteiger partial charge in [-0.25, -0.2) is 0 Å². The van der Waals surface area contributed by atoms with Crippen LogP contribution in [0.25, 0.3) is 0 Å². The molecule has 0 atom stereocenters. The van der Waals surface area contributed by atoms with Crippen molar-refractivity contribution < 1.29 is 0 Å². The first-order chi connectivity index (χ1) is 9.52. The molecule has 2 nitrogen and oxygen atoms in total. The lowest BCUT2D eigenvalue weighted by molar-refractivity contribution is 0.293. The molecule has 0 aliphatic carbocycles. The molecule has 0 spiro atoms. The summed E-state index contributed by atoms with van der Waals surface area (Å²) in [6.07, 6.45) is 3.81. The summed E-state index contributed by atoms with van der Waals surface area (Å²) in [6, 6.07) is 6.70. The van der Waals surface area contributed by atoms with Crippen LogP contribution in [0, 0.1) is 5.41 Å². The first-order valence-electron chi connectivity index (χ1n) is 7.76. The van der Waals surface area contributed by atoms with Crippen LogP contribution in [0.4, 0.5) is 5.69 Å². The Morgan fingerprint density at radius 1 is 1.35 bits per heavy atom. The van der Waals surface area contributed by atoms with E-state index in [4.69, 9.17) is 0 Å². The molecule has 112 valence electrons. The lowest BCUT2D eigenvalue weighted by atomic mass is 9.84. The molecule has 0 bridgehead atoms. The van der Waals surface area contributed by atoms with E-state index in [0.29, 0.717) is 5.41 Å². The fourth-order valence-electron chi connectivity index (χ4n) is 3.03. The van der Waals surface area contributed by atoms with Crippen LogP contribution in [0.1, 0.15) is 45.6 Å². The lowest BCUT2D eigenvalue weighted by Crippen LogP contribution is -2.40. The number of benzene rings is 1. The van der Waals surface area contributed by atoms with Crippen molar-refractivity contribution in [3.05, 3.63) is 28.2 Å². The SMILES string of the molecule is CCCNCc1cc(Br)ccc1N1CCCC(C)(C)C1. The highest BCUT2D eigenvalue weighted by Crippen LogP contribution is 2.34. The predicted octanol–water partition coefficient (Wildman–Crippen LogP) is 4.58. The van der Waals surface area contributed by atoms with Gasteiger partial charge in [-0.1, -0.05) is 36.7 Å². The Balaban J connectivity index is 2.17. The van der Waals surface area contributed by atoms with Crippen molar-refractivity contribution in [1.82, 2.24) is 5.32 Å². The average Bonchev–Trinajstić information content (AvgIpc) is 2.38. The van der Waals surface area contributed by atoms with E-state index in [1.807, 2.05) is 0 Å². The second kappa shape index (κ2) is 6.95. The second-order valence-corrected chi connectivity index (χ2v) is 7.55. The molecule has 1 N–H and O–H groups in total. The van der Waals surface area contributed by atoms with Crippen LogP contribution < -0.4 is 10.2 Å². The zero-order chi connectivity index (χ0) is 14.6. The van der Waals surface area contributed by atoms with Crippen LogP contribution in [-0.2, 0) is 6.54 Å². The first kappa shape index (κ1) is 15.8. The Kier molecular flexibility index (Phi) is 5.50. The van der Waals surface area contributed by atoms with Gasteiger partial charge in [0.15, 0.2) is 0 Å². The summed E-state index contributed by atoms with van der Waals surface area (Å²) in [4.78, 5) is 2.57. The van der Waals surface area contributed by atoms with Gasteiger partial charge in [0.1, 0.15) is 0 Å². The summed E-state index contributed by atoms with van der Waals surface area (Å²) < 4.78 is 1.17. The van der Waals surface area contributed by atoms with Gasteiger partial charge in [-0.15, -0.1) is 0 Å². The van der Waals surface area contributed by atoms with E-state index in [2.05, 4.69) is 65.1 Å². The average molecular weight is 339 g/mol. The number of hydrogen-bond acceptors (Lipinski definition) is 2. The number of piperidine rings is 1. The van der Waals surface area contributed by atoms with Crippen LogP contribution >= 0.6 is 15.9 Å². The van der Waals surface area contributed by atoms with E-state index in [-0.39, 0.29) is 0 Å². The summed E-state index contributed by atoms with van der Waals surface area (Å²) >= 11 is 3.61. The van der Waals surface area contributed by atoms with E-state index in [9.17, 15) is 0 Å². The van der Waals surface area contributed by atoms with Crippen LogP contribution in [0.15, 0.2) is 22.7 Å². The zero-order valence-electron chi connectivity index (χ0n) is 13.0. The molecule has 1 aliphatic heterocycles. The van der Waals surface area contributed by atoms with Crippen molar-refractivity contribution in [1.29, 1.82) is 0 Å². The minimum absolute atomic E-state index is 0.430. The number of nitrogens with zero attached hydrogens (tertiary/aromatic N) is 1. The molecule has 1 fully saturated rings. The number of hydrogen-bond donors (Lipinski definition) is 1. The Hall–Kier alpha value is -0.540. The van der Waals surface area contributed by atoms with Crippen molar-refractivity contribution in [3.63, 3.8) is 0 Å². The normalized spacial score (nSPS) is 18.3. The molecule has 0 saturated carbocycles. The summed E-state index contributed by atoms with van der Waals surface area (Å²) in [5, 5.41) is 3.53. The fraction of sp³-hybridized carbons (Fsp3) is 0.647. The van der Waals surface area contributed by atoms with E-state index in [1.54, 1.807) is 0 Å². The van der Waals surface area contributed by atoms with Gasteiger partial charge in [0.2, 0.25) is 0 Å². The molecule has 0 aromatic heterocycles. The van der Waals surface area contributed by atoms with Gasteiger partial charge in [0, 0.05) is 29.8 Å². The topological polar surface area (TPSA) is 15.3 Å². The number of halogens is 1. The van der Waals surface area contributed by atoms with Crippen molar-refractivity contribution in [2.75, 3.05) is 24.5 Å². The molecule has 1 heterocycles. The third kappa shape index (κ3) is 4.23. The highest BCUT2D eigenvalue weighted by atomic mass is 79.9. The monoisotopic (exact) mass is 338 g/mol. The molecule has 1 saturated heterocycles. The molecule has 0 amide bonds. The molecule has 1 aliphatic rings. The van der Waals surface area contributed by atoms with Gasteiger partial charge in [0.25, 0.3) is 0 Å². The van der Waals surface area contributed by atoms with Crippen LogP contribution in [-0.4, -0.2) is 19.6 Å². The summed E-state index contributed by atoms with van der Waals surface area (Å²) in [7, 11) is 0. The standard InChI is InChI=1S/C17H27BrN2/c1-4-9-19-12-14-11-15(18)6-7-16(14)20-10-5-8-17(2,3)13-20/h6-7,11,19H,4-5,8-10,12-13H2,1-3H3. The largest absolute Gasteiger partial charge is 0.371 e. The first-order valence-corrected chi connectivity index (χ1v) is 8.55. The highest BCUT2D eigenvalue weighted by molar-refractivity contribution is 9.10. The van der Waals surface area contributed by atoms with E-state index in [1.165, 1.54) is 41.5 Å². The Labute approximate surface area is 132 Å². The van der Waals surface area contributed by atoms with Crippen LogP contribution in [0.3, 0.4) is 0 Å². The summed E-state index contributed by atoms with van der Waals surface area (Å²) in [6.45, 7) is 11.4. The smallest absolute Gasteiger partial charge is 0.0412 e. The van der Waals surface area contributed by atoms with Gasteiger partial charge in [0.05, 0.1) is 0 Å². The quantitative estimate of drug-likeness (QED) is 0.790. The van der Waals surface area contributed by atoms with Gasteiger partial charge >= 0.3 is 0 Å². The van der Waals surface area contributed by atoms with Crippen molar-refractivity contribution in [2.45, 2.75) is 46.6 Å². The lowest BCUT2D eigenvalue weighted by Gasteiger charge is -2.40. The molecule has 2 rings (SSSR count). The molecule has 1 aromatic carbocycles. The van der Waals surface area contributed by atoms with Crippen LogP contribution in [0.5, 0.6) is 0 Å². The molecule has 1 aromatic rings. The van der Waals surface area contributed by atoms with Gasteiger partial charge in [-0.2, -0.15) is 0 Å². The maximum Gasteiger partial charge on any atom is 0.0412 e. The summed E-state index contributed by atoms with van der Waals surface area (Å²) in [5.74, 6) is 0. The molecule has 20 heavy (non-hydrogen) atoms. The Morgan fingerprint density at radius 2 is 2.15 bits per heavy atom. The van der Waals surface area contributed by atoms with E-state index < -0.39 is 0 Å². The van der Waals surface area contributed by atoms with Gasteiger partial charge in [-0.05, 0) is 55.0 Å². The number of rotatable bonds is 5. The highest BCUT2D eigenvalue weighted by Gasteiger charge is 2.27. The van der Waals surface area contributed by atoms with Crippen LogP contribution in [0.2, 0.25) is 0 Å². The predicted molar refractivity (Wildman–Crippen MR) is 91.4 cm³/mol. The minimum atomic E-state index is 0.430. The minimum Gasteiger partial charge on any atom is -0.371 e. The third-order valence-corrected chi connectivity index (χ3v) is 4.52. The van der Waals surface area contributed by atoms with Gasteiger partial charge < -0.3 is 10.2 Å². The van der Waals surface area contributed by atoms with Crippen molar-refractivity contribution in [3.8, 4) is 0 Å². The second-order valence-electron chi connectivity index (χ2n) is 6.64. The van der Waals surface area contributed by atoms with Crippen molar-refractivity contribution >= 4 is 21.6 Å².